The lowest BCUT2D eigenvalue weighted by Crippen LogP contribution is -2.55. The lowest BCUT2D eigenvalue weighted by Gasteiger charge is -2.43. The van der Waals surface area contributed by atoms with Gasteiger partial charge in [0.1, 0.15) is 17.3 Å². The number of anilines is 3. The minimum Gasteiger partial charge on any atom is -0.336 e. The van der Waals surface area contributed by atoms with Gasteiger partial charge >= 0.3 is 6.03 Å². The Labute approximate surface area is 185 Å². The lowest BCUT2D eigenvalue weighted by atomic mass is 9.75. The summed E-state index contributed by atoms with van der Waals surface area (Å²) in [5, 5.41) is 12.4. The molecule has 1 spiro atoms. The average molecular weight is 433 g/mol. The number of carbonyl (C=O) groups excluding carboxylic acids is 2. The van der Waals surface area contributed by atoms with Crippen molar-refractivity contribution in [2.24, 2.45) is 0 Å². The fourth-order valence-corrected chi connectivity index (χ4v) is 4.98. The van der Waals surface area contributed by atoms with Crippen molar-refractivity contribution >= 4 is 46.3 Å². The van der Waals surface area contributed by atoms with Crippen LogP contribution in [0.1, 0.15) is 30.5 Å². The number of nitrogens with zero attached hydrogens (tertiary/aromatic N) is 5. The van der Waals surface area contributed by atoms with Gasteiger partial charge in [0.2, 0.25) is 0 Å². The molecule has 9 heteroatoms. The van der Waals surface area contributed by atoms with E-state index >= 15 is 0 Å². The number of amides is 3. The summed E-state index contributed by atoms with van der Waals surface area (Å²) in [5.41, 5.74) is 2.54. The van der Waals surface area contributed by atoms with Gasteiger partial charge in [-0.3, -0.25) is 14.6 Å². The van der Waals surface area contributed by atoms with Gasteiger partial charge in [0.25, 0.3) is 5.91 Å². The van der Waals surface area contributed by atoms with Crippen LogP contribution < -0.4 is 20.0 Å². The van der Waals surface area contributed by atoms with E-state index in [1.807, 2.05) is 35.2 Å². The highest BCUT2D eigenvalue weighted by Gasteiger charge is 2.59. The van der Waals surface area contributed by atoms with Gasteiger partial charge in [0.05, 0.1) is 11.9 Å². The fourth-order valence-electron chi connectivity index (χ4n) is 4.51. The molecule has 0 unspecified atom stereocenters. The molecule has 1 saturated carbocycles. The van der Waals surface area contributed by atoms with Crippen molar-refractivity contribution in [2.75, 3.05) is 27.8 Å². The van der Waals surface area contributed by atoms with Gasteiger partial charge in [-0.05, 0) is 74.3 Å². The van der Waals surface area contributed by atoms with Crippen LogP contribution in [0.3, 0.4) is 0 Å². The number of hydrogen-bond acceptors (Lipinski definition) is 5. The minimum absolute atomic E-state index is 0.0577. The number of aryl methyl sites for hydroxylation is 1. The zero-order chi connectivity index (χ0) is 21.8. The number of thiocarbonyl (C=S) groups is 1. The first-order chi connectivity index (χ1) is 15.0. The Bertz CT molecular complexity index is 1150. The highest BCUT2D eigenvalue weighted by molar-refractivity contribution is 7.81. The molecular formula is C22H20N6O2S. The van der Waals surface area contributed by atoms with Crippen molar-refractivity contribution in [3.8, 4) is 6.07 Å². The number of nitrogens with one attached hydrogen (secondary N) is 1. The van der Waals surface area contributed by atoms with E-state index in [4.69, 9.17) is 17.5 Å². The molecule has 1 N–H and O–H groups in total. The van der Waals surface area contributed by atoms with E-state index in [9.17, 15) is 9.59 Å². The van der Waals surface area contributed by atoms with E-state index in [2.05, 4.69) is 10.3 Å². The van der Waals surface area contributed by atoms with Crippen LogP contribution in [-0.2, 0) is 4.79 Å². The number of hydrogen-bond donors (Lipinski definition) is 1. The van der Waals surface area contributed by atoms with Crippen molar-refractivity contribution in [3.05, 3.63) is 47.8 Å². The largest absolute Gasteiger partial charge is 0.336 e. The van der Waals surface area contributed by atoms with Gasteiger partial charge in [-0.25, -0.2) is 9.78 Å². The Balaban J connectivity index is 1.51. The molecule has 1 aromatic carbocycles. The first kappa shape index (κ1) is 19.5. The highest BCUT2D eigenvalue weighted by Crippen LogP contribution is 2.48. The standard InChI is InChI=1S/C22H20N6O2S/c1-14-11-17(13-25-18(14)12-23)27-19(29)22(7-2-8-22)28(21(27)31)16-5-3-15(4-6-16)26-10-9-24-20(26)30/h3-6,11,13H,2,7-10H2,1H3,(H,24,30). The molecule has 8 nitrogen and oxygen atoms in total. The predicted molar refractivity (Wildman–Crippen MR) is 120 cm³/mol. The van der Waals surface area contributed by atoms with Crippen LogP contribution in [-0.4, -0.2) is 40.7 Å². The monoisotopic (exact) mass is 432 g/mol. The number of pyridine rings is 1. The fraction of sp³-hybridized carbons (Fsp3) is 0.318. The third-order valence-corrected chi connectivity index (χ3v) is 6.66. The van der Waals surface area contributed by atoms with Crippen molar-refractivity contribution in [1.29, 1.82) is 5.26 Å². The van der Waals surface area contributed by atoms with Gasteiger partial charge in [-0.2, -0.15) is 5.26 Å². The van der Waals surface area contributed by atoms with Gasteiger partial charge in [0, 0.05) is 24.5 Å². The van der Waals surface area contributed by atoms with Crippen LogP contribution >= 0.6 is 12.2 Å². The summed E-state index contributed by atoms with van der Waals surface area (Å²) in [5.74, 6) is -0.0577. The maximum absolute atomic E-state index is 13.5. The van der Waals surface area contributed by atoms with Gasteiger partial charge in [-0.15, -0.1) is 0 Å². The van der Waals surface area contributed by atoms with E-state index < -0.39 is 5.54 Å². The summed E-state index contributed by atoms with van der Waals surface area (Å²) < 4.78 is 0. The van der Waals surface area contributed by atoms with Crippen LogP contribution in [0.25, 0.3) is 0 Å². The lowest BCUT2D eigenvalue weighted by molar-refractivity contribution is -0.123. The molecule has 0 atom stereocenters. The Hall–Kier alpha value is -3.51. The van der Waals surface area contributed by atoms with E-state index in [0.29, 0.717) is 35.1 Å². The molecule has 3 amide bonds. The smallest absolute Gasteiger partial charge is 0.321 e. The van der Waals surface area contributed by atoms with Crippen molar-refractivity contribution < 1.29 is 9.59 Å². The molecule has 2 aromatic rings. The second-order valence-corrected chi connectivity index (χ2v) is 8.38. The molecule has 0 bridgehead atoms. The number of nitriles is 1. The number of urea groups is 1. The highest BCUT2D eigenvalue weighted by atomic mass is 32.1. The third-order valence-electron chi connectivity index (χ3n) is 6.30. The van der Waals surface area contributed by atoms with Crippen LogP contribution in [0.2, 0.25) is 0 Å². The molecule has 1 aromatic heterocycles. The van der Waals surface area contributed by atoms with Crippen LogP contribution in [0.5, 0.6) is 0 Å². The van der Waals surface area contributed by atoms with Crippen LogP contribution in [0.4, 0.5) is 21.9 Å². The first-order valence-corrected chi connectivity index (χ1v) is 10.6. The summed E-state index contributed by atoms with van der Waals surface area (Å²) in [4.78, 5) is 34.8. The Morgan fingerprint density at radius 2 is 1.87 bits per heavy atom. The molecule has 0 radical (unpaired) electrons. The SMILES string of the molecule is Cc1cc(N2C(=O)C3(CCC3)N(c3ccc(N4CCNC4=O)cc3)C2=S)cnc1C#N. The maximum Gasteiger partial charge on any atom is 0.321 e. The molecule has 1 aliphatic carbocycles. The quantitative estimate of drug-likeness (QED) is 0.750. The maximum atomic E-state index is 13.5. The summed E-state index contributed by atoms with van der Waals surface area (Å²) >= 11 is 5.78. The van der Waals surface area contributed by atoms with Crippen molar-refractivity contribution in [2.45, 2.75) is 31.7 Å². The van der Waals surface area contributed by atoms with Crippen LogP contribution in [0.15, 0.2) is 36.5 Å². The van der Waals surface area contributed by atoms with Gasteiger partial charge < -0.3 is 10.2 Å². The molecule has 3 heterocycles. The summed E-state index contributed by atoms with van der Waals surface area (Å²) in [6, 6.07) is 11.3. The van der Waals surface area contributed by atoms with Crippen molar-refractivity contribution in [1.82, 2.24) is 10.3 Å². The topological polar surface area (TPSA) is 92.6 Å². The Kier molecular flexibility index (Phi) is 4.41. The Morgan fingerprint density at radius 3 is 2.42 bits per heavy atom. The van der Waals surface area contributed by atoms with E-state index in [1.165, 1.54) is 11.1 Å². The summed E-state index contributed by atoms with van der Waals surface area (Å²) in [6.45, 7) is 3.05. The summed E-state index contributed by atoms with van der Waals surface area (Å²) in [7, 11) is 0. The van der Waals surface area contributed by atoms with Crippen molar-refractivity contribution in [3.63, 3.8) is 0 Å². The minimum atomic E-state index is -0.689. The second kappa shape index (κ2) is 7.03. The zero-order valence-corrected chi connectivity index (χ0v) is 17.8. The molecule has 2 aliphatic heterocycles. The first-order valence-electron chi connectivity index (χ1n) is 10.2. The number of rotatable bonds is 3. The molecular weight excluding hydrogens is 412 g/mol. The number of carbonyl (C=O) groups is 2. The zero-order valence-electron chi connectivity index (χ0n) is 17.0. The molecule has 5 rings (SSSR count). The average Bonchev–Trinajstić information content (AvgIpc) is 3.26. The molecule has 2 saturated heterocycles. The molecule has 3 fully saturated rings. The van der Waals surface area contributed by atoms with E-state index in [1.54, 1.807) is 17.9 Å². The Morgan fingerprint density at radius 1 is 1.16 bits per heavy atom. The van der Waals surface area contributed by atoms with Crippen LogP contribution in [0, 0.1) is 18.3 Å². The summed E-state index contributed by atoms with van der Waals surface area (Å²) in [6.07, 6.45) is 3.93. The predicted octanol–water partition coefficient (Wildman–Crippen LogP) is 2.85. The van der Waals surface area contributed by atoms with Gasteiger partial charge in [-0.1, -0.05) is 0 Å². The molecule has 156 valence electrons. The van der Waals surface area contributed by atoms with Gasteiger partial charge in [0.15, 0.2) is 5.11 Å². The van der Waals surface area contributed by atoms with E-state index in [0.717, 1.165) is 30.6 Å². The molecule has 31 heavy (non-hydrogen) atoms. The number of aromatic nitrogens is 1. The second-order valence-electron chi connectivity index (χ2n) is 8.01. The molecule has 3 aliphatic rings. The van der Waals surface area contributed by atoms with E-state index in [-0.39, 0.29) is 11.9 Å². The number of benzene rings is 1. The normalized spacial score (nSPS) is 19.6. The third kappa shape index (κ3) is 2.79.